The van der Waals surface area contributed by atoms with E-state index >= 15 is 0 Å². The zero-order valence-electron chi connectivity index (χ0n) is 18.1. The summed E-state index contributed by atoms with van der Waals surface area (Å²) in [5.41, 5.74) is 0.701. The van der Waals surface area contributed by atoms with Gasteiger partial charge in [0.15, 0.2) is 0 Å². The van der Waals surface area contributed by atoms with E-state index in [1.54, 1.807) is 35.2 Å². The molecule has 0 aliphatic heterocycles. The lowest BCUT2D eigenvalue weighted by molar-refractivity contribution is -0.119. The first-order valence-corrected chi connectivity index (χ1v) is 11.6. The number of H-pyrrole nitrogens is 1. The zero-order chi connectivity index (χ0) is 23.3. The van der Waals surface area contributed by atoms with Gasteiger partial charge in [-0.05, 0) is 51.1 Å². The molecular formula is C23H25ClN4O3S. The molecule has 0 spiro atoms. The van der Waals surface area contributed by atoms with Crippen LogP contribution < -0.4 is 10.9 Å². The van der Waals surface area contributed by atoms with E-state index in [9.17, 15) is 14.4 Å². The summed E-state index contributed by atoms with van der Waals surface area (Å²) in [5, 5.41) is 3.77. The molecule has 2 aromatic carbocycles. The van der Waals surface area contributed by atoms with E-state index in [1.165, 1.54) is 11.8 Å². The Morgan fingerprint density at radius 2 is 1.97 bits per heavy atom. The Balaban J connectivity index is 1.81. The van der Waals surface area contributed by atoms with E-state index in [-0.39, 0.29) is 35.7 Å². The molecule has 0 fully saturated rings. The molecule has 0 atom stereocenters. The van der Waals surface area contributed by atoms with Gasteiger partial charge >= 0.3 is 0 Å². The van der Waals surface area contributed by atoms with Crippen molar-refractivity contribution in [2.45, 2.75) is 38.3 Å². The fourth-order valence-corrected chi connectivity index (χ4v) is 4.21. The molecule has 9 heteroatoms. The number of carbonyl (C=O) groups excluding carboxylic acids is 2. The normalized spacial score (nSPS) is 11.0. The Bertz CT molecular complexity index is 1200. The smallest absolute Gasteiger partial charge is 0.258 e. The Morgan fingerprint density at radius 3 is 2.69 bits per heavy atom. The van der Waals surface area contributed by atoms with Gasteiger partial charge in [-0.1, -0.05) is 23.7 Å². The molecular weight excluding hydrogens is 448 g/mol. The van der Waals surface area contributed by atoms with Gasteiger partial charge in [0.05, 0.1) is 28.8 Å². The van der Waals surface area contributed by atoms with Crippen molar-refractivity contribution in [2.24, 2.45) is 0 Å². The van der Waals surface area contributed by atoms with Crippen LogP contribution in [0.3, 0.4) is 0 Å². The van der Waals surface area contributed by atoms with Gasteiger partial charge in [-0.3, -0.25) is 14.4 Å². The van der Waals surface area contributed by atoms with Gasteiger partial charge in [0.2, 0.25) is 5.91 Å². The molecule has 3 aromatic rings. The average Bonchev–Trinajstić information content (AvgIpc) is 2.75. The van der Waals surface area contributed by atoms with Crippen LogP contribution in [-0.4, -0.2) is 45.0 Å². The summed E-state index contributed by atoms with van der Waals surface area (Å²) in [6.07, 6.45) is 0. The number of hydrogen-bond donors (Lipinski definition) is 2. The number of fused-ring (bicyclic) bond motifs is 1. The Morgan fingerprint density at radius 1 is 1.22 bits per heavy atom. The summed E-state index contributed by atoms with van der Waals surface area (Å²) in [4.78, 5) is 47.3. The summed E-state index contributed by atoms with van der Waals surface area (Å²) in [6, 6.07) is 12.1. The van der Waals surface area contributed by atoms with Gasteiger partial charge < -0.3 is 15.2 Å². The van der Waals surface area contributed by atoms with Crippen molar-refractivity contribution in [3.05, 3.63) is 69.2 Å². The molecule has 1 aromatic heterocycles. The van der Waals surface area contributed by atoms with E-state index < -0.39 is 0 Å². The van der Waals surface area contributed by atoms with E-state index in [2.05, 4.69) is 15.3 Å². The van der Waals surface area contributed by atoms with E-state index in [0.717, 1.165) is 4.90 Å². The lowest BCUT2D eigenvalue weighted by Gasteiger charge is -2.22. The van der Waals surface area contributed by atoms with Gasteiger partial charge in [-0.2, -0.15) is 0 Å². The van der Waals surface area contributed by atoms with Crippen LogP contribution >= 0.6 is 23.4 Å². The second-order valence-electron chi connectivity index (χ2n) is 7.50. The molecule has 0 saturated heterocycles. The molecule has 1 heterocycles. The van der Waals surface area contributed by atoms with Gasteiger partial charge in [-0.25, -0.2) is 4.98 Å². The van der Waals surface area contributed by atoms with Crippen LogP contribution in [0.2, 0.25) is 5.02 Å². The van der Waals surface area contributed by atoms with E-state index in [1.807, 2.05) is 32.9 Å². The molecule has 0 aliphatic rings. The lowest BCUT2D eigenvalue weighted by Crippen LogP contribution is -2.33. The number of rotatable bonds is 8. The number of benzene rings is 2. The molecule has 7 nitrogen and oxygen atoms in total. The standard InChI is InChI=1S/C23H25ClN4O3S/c1-4-28(12-20-26-18-11-15(24)9-10-16(18)22(30)27-20)23(31)17-7-5-6-8-19(17)32-13-21(29)25-14(2)3/h5-11,14H,4,12-13H2,1-3H3,(H,25,29)(H,26,27,30). The van der Waals surface area contributed by atoms with Crippen molar-refractivity contribution in [1.82, 2.24) is 20.2 Å². The molecule has 3 rings (SSSR count). The van der Waals surface area contributed by atoms with Crippen molar-refractivity contribution in [2.75, 3.05) is 12.3 Å². The maximum atomic E-state index is 13.3. The Hall–Kier alpha value is -2.84. The molecule has 32 heavy (non-hydrogen) atoms. The van der Waals surface area contributed by atoms with E-state index in [4.69, 9.17) is 11.6 Å². The predicted molar refractivity (Wildman–Crippen MR) is 128 cm³/mol. The van der Waals surface area contributed by atoms with Crippen molar-refractivity contribution in [3.63, 3.8) is 0 Å². The average molecular weight is 473 g/mol. The number of aromatic amines is 1. The molecule has 2 amide bonds. The third kappa shape index (κ3) is 5.89. The van der Waals surface area contributed by atoms with Crippen molar-refractivity contribution < 1.29 is 9.59 Å². The van der Waals surface area contributed by atoms with Gasteiger partial charge in [-0.15, -0.1) is 11.8 Å². The van der Waals surface area contributed by atoms with Crippen LogP contribution in [0.1, 0.15) is 37.0 Å². The summed E-state index contributed by atoms with van der Waals surface area (Å²) < 4.78 is 0. The molecule has 0 saturated carbocycles. The maximum Gasteiger partial charge on any atom is 0.258 e. The molecule has 0 radical (unpaired) electrons. The molecule has 2 N–H and O–H groups in total. The van der Waals surface area contributed by atoms with Crippen molar-refractivity contribution in [1.29, 1.82) is 0 Å². The highest BCUT2D eigenvalue weighted by atomic mass is 35.5. The first-order chi connectivity index (χ1) is 15.3. The van der Waals surface area contributed by atoms with Crippen molar-refractivity contribution in [3.8, 4) is 0 Å². The molecule has 0 bridgehead atoms. The largest absolute Gasteiger partial charge is 0.353 e. The third-order valence-corrected chi connectivity index (χ3v) is 5.96. The SMILES string of the molecule is CCN(Cc1nc2cc(Cl)ccc2c(=O)[nH]1)C(=O)c1ccccc1SCC(=O)NC(C)C. The minimum Gasteiger partial charge on any atom is -0.353 e. The fourth-order valence-electron chi connectivity index (χ4n) is 3.19. The summed E-state index contributed by atoms with van der Waals surface area (Å²) >= 11 is 7.35. The first kappa shape index (κ1) is 23.8. The number of aromatic nitrogens is 2. The second kappa shape index (κ2) is 10.7. The number of nitrogens with zero attached hydrogens (tertiary/aromatic N) is 2. The van der Waals surface area contributed by atoms with Crippen LogP contribution in [0.15, 0.2) is 52.2 Å². The monoisotopic (exact) mass is 472 g/mol. The lowest BCUT2D eigenvalue weighted by atomic mass is 10.2. The van der Waals surface area contributed by atoms with Gasteiger partial charge in [0.1, 0.15) is 5.82 Å². The minimum atomic E-state index is -0.280. The number of amides is 2. The number of halogens is 1. The Labute approximate surface area is 195 Å². The quantitative estimate of drug-likeness (QED) is 0.485. The highest BCUT2D eigenvalue weighted by Gasteiger charge is 2.20. The molecule has 168 valence electrons. The van der Waals surface area contributed by atoms with Crippen LogP contribution in [0.5, 0.6) is 0 Å². The summed E-state index contributed by atoms with van der Waals surface area (Å²) in [6.45, 7) is 6.22. The third-order valence-electron chi connectivity index (χ3n) is 4.65. The molecule has 0 aliphatic carbocycles. The number of hydrogen-bond acceptors (Lipinski definition) is 5. The molecule has 0 unspecified atom stereocenters. The van der Waals surface area contributed by atoms with Crippen LogP contribution in [0.25, 0.3) is 10.9 Å². The van der Waals surface area contributed by atoms with Crippen LogP contribution in [0.4, 0.5) is 0 Å². The van der Waals surface area contributed by atoms with Crippen molar-refractivity contribution >= 4 is 46.1 Å². The van der Waals surface area contributed by atoms with Crippen LogP contribution in [0, 0.1) is 0 Å². The first-order valence-electron chi connectivity index (χ1n) is 10.3. The Kier molecular flexibility index (Phi) is 7.93. The van der Waals surface area contributed by atoms with Gasteiger partial charge in [0.25, 0.3) is 11.5 Å². The maximum absolute atomic E-state index is 13.3. The summed E-state index contributed by atoms with van der Waals surface area (Å²) in [7, 11) is 0. The highest BCUT2D eigenvalue weighted by molar-refractivity contribution is 8.00. The number of nitrogens with one attached hydrogen (secondary N) is 2. The minimum absolute atomic E-state index is 0.0575. The van der Waals surface area contributed by atoms with Gasteiger partial charge in [0, 0.05) is 22.5 Å². The topological polar surface area (TPSA) is 95.2 Å². The summed E-state index contributed by atoms with van der Waals surface area (Å²) in [5.74, 6) is 0.306. The fraction of sp³-hybridized carbons (Fsp3) is 0.304. The number of thioether (sulfide) groups is 1. The predicted octanol–water partition coefficient (Wildman–Crippen LogP) is 3.86. The number of carbonyl (C=O) groups is 2. The van der Waals surface area contributed by atoms with Crippen LogP contribution in [-0.2, 0) is 11.3 Å². The zero-order valence-corrected chi connectivity index (χ0v) is 19.7. The van der Waals surface area contributed by atoms with E-state index in [0.29, 0.717) is 33.9 Å². The highest BCUT2D eigenvalue weighted by Crippen LogP contribution is 2.24. The second-order valence-corrected chi connectivity index (χ2v) is 8.95.